The highest BCUT2D eigenvalue weighted by Gasteiger charge is 2.13. The number of halogens is 1. The standard InChI is InChI=1S/C20H22BrN4S.CH4O4S/c1-4-25(13-16-8-6-5-7-9-16)17-10-11-18(15(2)12-17)22-23-20-24(3)14-19(21)26-20;1-5-6(2,3)4/h5-12,14H,4,13H2,1-3H3;1H3,(H,2,3,4)/q+1;/p-1. The van der Waals surface area contributed by atoms with Gasteiger partial charge >= 0.3 is 5.13 Å². The van der Waals surface area contributed by atoms with Crippen molar-refractivity contribution in [2.24, 2.45) is 17.3 Å². The molecule has 0 amide bonds. The fraction of sp³-hybridized carbons (Fsp3) is 0.286. The second-order valence-corrected chi connectivity index (χ2v) is 10.2. The van der Waals surface area contributed by atoms with Gasteiger partial charge in [0.05, 0.1) is 19.3 Å². The molecule has 0 aliphatic carbocycles. The first-order valence-corrected chi connectivity index (χ1v) is 12.5. The van der Waals surface area contributed by atoms with Crippen molar-refractivity contribution in [1.29, 1.82) is 0 Å². The van der Waals surface area contributed by atoms with Gasteiger partial charge in [0.15, 0.2) is 0 Å². The lowest BCUT2D eigenvalue weighted by molar-refractivity contribution is -0.654. The fourth-order valence-electron chi connectivity index (χ4n) is 2.72. The van der Waals surface area contributed by atoms with Crippen molar-refractivity contribution >= 4 is 54.2 Å². The van der Waals surface area contributed by atoms with Gasteiger partial charge < -0.3 is 9.45 Å². The van der Waals surface area contributed by atoms with Crippen LogP contribution in [0.3, 0.4) is 0 Å². The highest BCUT2D eigenvalue weighted by atomic mass is 79.9. The minimum absolute atomic E-state index is 0.808. The lowest BCUT2D eigenvalue weighted by Gasteiger charge is -2.23. The molecule has 0 unspecified atom stereocenters. The van der Waals surface area contributed by atoms with Gasteiger partial charge in [0, 0.05) is 18.8 Å². The monoisotopic (exact) mass is 540 g/mol. The number of hydrogen-bond donors (Lipinski definition) is 0. The van der Waals surface area contributed by atoms with Gasteiger partial charge in [-0.1, -0.05) is 30.3 Å². The van der Waals surface area contributed by atoms with Gasteiger partial charge in [0.2, 0.25) is 10.4 Å². The summed E-state index contributed by atoms with van der Waals surface area (Å²) >= 11 is 5.04. The van der Waals surface area contributed by atoms with E-state index in [1.807, 2.05) is 23.9 Å². The number of hydrogen-bond acceptors (Lipinski definition) is 8. The molecule has 1 heterocycles. The Hall–Kier alpha value is -2.18. The largest absolute Gasteiger partial charge is 0.726 e. The topological polar surface area (TPSA) is 98.3 Å². The molecule has 0 spiro atoms. The smallest absolute Gasteiger partial charge is 0.409 e. The minimum Gasteiger partial charge on any atom is -0.726 e. The molecule has 0 aliphatic rings. The van der Waals surface area contributed by atoms with Gasteiger partial charge in [0.1, 0.15) is 15.7 Å². The van der Waals surface area contributed by atoms with E-state index in [-0.39, 0.29) is 0 Å². The fourth-order valence-corrected chi connectivity index (χ4v) is 4.12. The van der Waals surface area contributed by atoms with Gasteiger partial charge in [0.25, 0.3) is 0 Å². The number of thiazole rings is 1. The zero-order valence-electron chi connectivity index (χ0n) is 18.2. The SMILES string of the molecule is CCN(Cc1ccccc1)c1ccc(N=Nc2sc(Br)c[n+]2C)c(C)c1.COS(=O)(=O)[O-]. The number of nitrogens with zero attached hydrogens (tertiary/aromatic N) is 4. The van der Waals surface area contributed by atoms with Gasteiger partial charge in [-0.05, 0) is 75.6 Å². The van der Waals surface area contributed by atoms with Crippen LogP contribution < -0.4 is 9.47 Å². The summed E-state index contributed by atoms with van der Waals surface area (Å²) in [5.41, 5.74) is 4.54. The molecule has 0 saturated carbocycles. The van der Waals surface area contributed by atoms with E-state index >= 15 is 0 Å². The molecule has 0 fully saturated rings. The van der Waals surface area contributed by atoms with Gasteiger partial charge in [-0.15, -0.1) is 0 Å². The van der Waals surface area contributed by atoms with Crippen LogP contribution in [0.1, 0.15) is 18.1 Å². The van der Waals surface area contributed by atoms with E-state index in [0.29, 0.717) is 0 Å². The Labute approximate surface area is 201 Å². The van der Waals surface area contributed by atoms with Crippen LogP contribution in [0.15, 0.2) is 68.7 Å². The number of aryl methyl sites for hydroxylation is 2. The van der Waals surface area contributed by atoms with E-state index in [9.17, 15) is 13.0 Å². The van der Waals surface area contributed by atoms with Crippen LogP contribution in [0.4, 0.5) is 16.5 Å². The van der Waals surface area contributed by atoms with Crippen molar-refractivity contribution in [1.82, 2.24) is 0 Å². The molecule has 0 radical (unpaired) electrons. The minimum atomic E-state index is -4.41. The average Bonchev–Trinajstić information content (AvgIpc) is 3.08. The van der Waals surface area contributed by atoms with Crippen molar-refractivity contribution in [3.05, 3.63) is 69.6 Å². The number of aromatic nitrogens is 1. The second-order valence-electron chi connectivity index (χ2n) is 6.67. The first-order valence-electron chi connectivity index (χ1n) is 9.60. The second kappa shape index (κ2) is 12.2. The van der Waals surface area contributed by atoms with Crippen molar-refractivity contribution < 1.29 is 21.7 Å². The summed E-state index contributed by atoms with van der Waals surface area (Å²) in [7, 11) is -1.64. The molecule has 0 aliphatic heterocycles. The molecule has 1 aromatic heterocycles. The highest BCUT2D eigenvalue weighted by molar-refractivity contribution is 9.11. The maximum absolute atomic E-state index is 9.22. The predicted molar refractivity (Wildman–Crippen MR) is 128 cm³/mol. The molecule has 172 valence electrons. The molecular formula is C21H25BrN4O4S2. The van der Waals surface area contributed by atoms with Crippen molar-refractivity contribution in [2.45, 2.75) is 20.4 Å². The van der Waals surface area contributed by atoms with Crippen LogP contribution >= 0.6 is 27.3 Å². The number of benzene rings is 2. The first-order chi connectivity index (χ1) is 15.1. The summed E-state index contributed by atoms with van der Waals surface area (Å²) in [4.78, 5) is 2.36. The lowest BCUT2D eigenvalue weighted by Crippen LogP contribution is -2.23. The summed E-state index contributed by atoms with van der Waals surface area (Å²) in [5, 5.41) is 9.68. The molecule has 3 rings (SSSR count). The van der Waals surface area contributed by atoms with E-state index in [1.54, 1.807) is 11.3 Å². The Kier molecular flexibility index (Phi) is 9.91. The molecule has 8 nitrogen and oxygen atoms in total. The van der Waals surface area contributed by atoms with Crippen LogP contribution in [0.25, 0.3) is 0 Å². The van der Waals surface area contributed by atoms with Crippen molar-refractivity contribution in [3.63, 3.8) is 0 Å². The maximum atomic E-state index is 9.22. The summed E-state index contributed by atoms with van der Waals surface area (Å²) in [6.07, 6.45) is 1.98. The van der Waals surface area contributed by atoms with Gasteiger partial charge in [-0.3, -0.25) is 4.18 Å². The average molecular weight is 541 g/mol. The van der Waals surface area contributed by atoms with Crippen molar-refractivity contribution in [2.75, 3.05) is 18.6 Å². The van der Waals surface area contributed by atoms with E-state index in [1.165, 1.54) is 11.3 Å². The lowest BCUT2D eigenvalue weighted by atomic mass is 10.1. The quantitative estimate of drug-likeness (QED) is 0.178. The third kappa shape index (κ3) is 8.40. The molecule has 0 atom stereocenters. The van der Waals surface area contributed by atoms with Crippen LogP contribution in [-0.2, 0) is 28.2 Å². The Morgan fingerprint density at radius 2 is 1.84 bits per heavy atom. The van der Waals surface area contributed by atoms with E-state index in [0.717, 1.165) is 40.4 Å². The Morgan fingerprint density at radius 3 is 2.34 bits per heavy atom. The zero-order chi connectivity index (χ0) is 23.7. The number of anilines is 1. The molecule has 2 aromatic carbocycles. The highest BCUT2D eigenvalue weighted by Crippen LogP contribution is 2.29. The number of azo groups is 1. The van der Waals surface area contributed by atoms with Crippen LogP contribution in [0.2, 0.25) is 0 Å². The van der Waals surface area contributed by atoms with E-state index < -0.39 is 10.4 Å². The maximum Gasteiger partial charge on any atom is 0.409 e. The Balaban J connectivity index is 0.000000534. The summed E-state index contributed by atoms with van der Waals surface area (Å²) in [6.45, 7) is 6.12. The molecule has 11 heteroatoms. The molecular weight excluding hydrogens is 516 g/mol. The molecule has 32 heavy (non-hydrogen) atoms. The molecule has 0 bridgehead atoms. The molecule has 0 saturated heterocycles. The first kappa shape index (κ1) is 26.1. The third-order valence-electron chi connectivity index (χ3n) is 4.38. The normalized spacial score (nSPS) is 11.3. The van der Waals surface area contributed by atoms with Crippen LogP contribution in [-0.4, -0.2) is 26.6 Å². The zero-order valence-corrected chi connectivity index (χ0v) is 21.4. The van der Waals surface area contributed by atoms with Crippen LogP contribution in [0.5, 0.6) is 0 Å². The molecule has 0 N–H and O–H groups in total. The van der Waals surface area contributed by atoms with Crippen LogP contribution in [0, 0.1) is 6.92 Å². The summed E-state index contributed by atoms with van der Waals surface area (Å²) in [6, 6.07) is 16.9. The van der Waals surface area contributed by atoms with E-state index in [2.05, 4.69) is 91.6 Å². The Bertz CT molecular complexity index is 1150. The predicted octanol–water partition coefficient (Wildman–Crippen LogP) is 5.18. The third-order valence-corrected chi connectivity index (χ3v) is 6.33. The van der Waals surface area contributed by atoms with Crippen molar-refractivity contribution in [3.8, 4) is 0 Å². The summed E-state index contributed by atoms with van der Waals surface area (Å²) < 4.78 is 34.0. The molecule has 3 aromatic rings. The number of rotatable bonds is 7. The summed E-state index contributed by atoms with van der Waals surface area (Å²) in [5.74, 6) is 0. The van der Waals surface area contributed by atoms with E-state index in [4.69, 9.17) is 0 Å². The van der Waals surface area contributed by atoms with Gasteiger partial charge in [-0.2, -0.15) is 0 Å². The van der Waals surface area contributed by atoms with Gasteiger partial charge in [-0.25, -0.2) is 13.0 Å². The Morgan fingerprint density at radius 1 is 1.19 bits per heavy atom.